The molecular weight excluding hydrogens is 260 g/mol. The molecule has 2 unspecified atom stereocenters. The third-order valence-corrected chi connectivity index (χ3v) is 5.54. The van der Waals surface area contributed by atoms with Crippen molar-refractivity contribution in [3.8, 4) is 0 Å². The van der Waals surface area contributed by atoms with Gasteiger partial charge < -0.3 is 5.32 Å². The van der Waals surface area contributed by atoms with Gasteiger partial charge in [0.15, 0.2) is 9.84 Å². The summed E-state index contributed by atoms with van der Waals surface area (Å²) in [5.41, 5.74) is 0.176. The maximum absolute atomic E-state index is 11.6. The molecule has 1 N–H and O–H groups in total. The van der Waals surface area contributed by atoms with E-state index in [-0.39, 0.29) is 11.6 Å². The molecule has 0 saturated carbocycles. The standard InChI is InChI=1S/C14H30N2O2S/c1-12(7-6-8-15-14(3,4)5)16-9-10-19(17,18)11-13(16)2/h12-13,15H,6-11H2,1-5H3. The van der Waals surface area contributed by atoms with Crippen molar-refractivity contribution in [1.82, 2.24) is 10.2 Å². The maximum Gasteiger partial charge on any atom is 0.153 e. The molecule has 0 aromatic rings. The highest BCUT2D eigenvalue weighted by Crippen LogP contribution is 2.17. The van der Waals surface area contributed by atoms with Crippen LogP contribution in [0.1, 0.15) is 47.5 Å². The Morgan fingerprint density at radius 3 is 2.53 bits per heavy atom. The van der Waals surface area contributed by atoms with E-state index < -0.39 is 9.84 Å². The van der Waals surface area contributed by atoms with Crippen molar-refractivity contribution in [3.05, 3.63) is 0 Å². The van der Waals surface area contributed by atoms with E-state index in [1.54, 1.807) is 0 Å². The van der Waals surface area contributed by atoms with Crippen molar-refractivity contribution < 1.29 is 8.42 Å². The van der Waals surface area contributed by atoms with E-state index in [0.717, 1.165) is 19.4 Å². The molecule has 0 radical (unpaired) electrons. The van der Waals surface area contributed by atoms with E-state index in [4.69, 9.17) is 0 Å². The maximum atomic E-state index is 11.6. The van der Waals surface area contributed by atoms with Crippen LogP contribution in [-0.4, -0.2) is 55.5 Å². The van der Waals surface area contributed by atoms with E-state index >= 15 is 0 Å². The summed E-state index contributed by atoms with van der Waals surface area (Å²) < 4.78 is 23.1. The lowest BCUT2D eigenvalue weighted by Crippen LogP contribution is -2.50. The quantitative estimate of drug-likeness (QED) is 0.783. The number of rotatable bonds is 5. The number of nitrogens with zero attached hydrogens (tertiary/aromatic N) is 1. The van der Waals surface area contributed by atoms with Crippen LogP contribution in [0.4, 0.5) is 0 Å². The SMILES string of the molecule is CC(CCCNC(C)(C)C)N1CCS(=O)(=O)CC1C. The van der Waals surface area contributed by atoms with Crippen LogP contribution in [-0.2, 0) is 9.84 Å². The first-order valence-electron chi connectivity index (χ1n) is 7.32. The van der Waals surface area contributed by atoms with Gasteiger partial charge in [-0.1, -0.05) is 0 Å². The molecule has 19 heavy (non-hydrogen) atoms. The zero-order valence-electron chi connectivity index (χ0n) is 13.1. The molecule has 1 fully saturated rings. The summed E-state index contributed by atoms with van der Waals surface area (Å²) in [6.07, 6.45) is 2.25. The molecule has 1 rings (SSSR count). The fourth-order valence-corrected chi connectivity index (χ4v) is 4.28. The minimum atomic E-state index is -2.80. The number of hydrogen-bond donors (Lipinski definition) is 1. The van der Waals surface area contributed by atoms with E-state index in [1.165, 1.54) is 0 Å². The monoisotopic (exact) mass is 290 g/mol. The lowest BCUT2D eigenvalue weighted by atomic mass is 10.1. The Balaban J connectivity index is 2.32. The minimum Gasteiger partial charge on any atom is -0.312 e. The fourth-order valence-electron chi connectivity index (χ4n) is 2.69. The second-order valence-corrected chi connectivity index (χ2v) is 9.10. The van der Waals surface area contributed by atoms with Crippen molar-refractivity contribution in [3.63, 3.8) is 0 Å². The molecule has 114 valence electrons. The predicted molar refractivity (Wildman–Crippen MR) is 81.3 cm³/mol. The van der Waals surface area contributed by atoms with Crippen molar-refractivity contribution in [2.24, 2.45) is 0 Å². The molecule has 1 heterocycles. The van der Waals surface area contributed by atoms with Crippen molar-refractivity contribution in [2.75, 3.05) is 24.6 Å². The molecule has 5 heteroatoms. The molecule has 1 aliphatic heterocycles. The first kappa shape index (κ1) is 16.9. The molecule has 4 nitrogen and oxygen atoms in total. The van der Waals surface area contributed by atoms with E-state index in [9.17, 15) is 8.42 Å². The molecule has 0 amide bonds. The topological polar surface area (TPSA) is 49.4 Å². The molecule has 0 aliphatic carbocycles. The Morgan fingerprint density at radius 1 is 1.37 bits per heavy atom. The molecule has 1 aliphatic rings. The van der Waals surface area contributed by atoms with Crippen LogP contribution in [0.5, 0.6) is 0 Å². The summed E-state index contributed by atoms with van der Waals surface area (Å²) in [6, 6.07) is 0.622. The zero-order valence-corrected chi connectivity index (χ0v) is 13.9. The molecule has 0 aromatic heterocycles. The van der Waals surface area contributed by atoms with E-state index in [0.29, 0.717) is 24.1 Å². The van der Waals surface area contributed by atoms with Crippen LogP contribution in [0.15, 0.2) is 0 Å². The van der Waals surface area contributed by atoms with Gasteiger partial charge in [0.2, 0.25) is 0 Å². The highest BCUT2D eigenvalue weighted by Gasteiger charge is 2.30. The normalized spacial score (nSPS) is 26.3. The molecule has 0 bridgehead atoms. The second kappa shape index (κ2) is 6.55. The average Bonchev–Trinajstić information content (AvgIpc) is 2.21. The lowest BCUT2D eigenvalue weighted by molar-refractivity contribution is 0.158. The Bertz CT molecular complexity index is 373. The molecule has 0 aromatic carbocycles. The second-order valence-electron chi connectivity index (χ2n) is 6.87. The molecular formula is C14H30N2O2S. The number of sulfone groups is 1. The van der Waals surface area contributed by atoms with Crippen molar-refractivity contribution in [2.45, 2.75) is 65.1 Å². The molecule has 2 atom stereocenters. The van der Waals surface area contributed by atoms with Crippen LogP contribution in [0.25, 0.3) is 0 Å². The van der Waals surface area contributed by atoms with Gasteiger partial charge in [0.1, 0.15) is 0 Å². The Hall–Kier alpha value is -0.130. The van der Waals surface area contributed by atoms with Gasteiger partial charge in [-0.3, -0.25) is 4.90 Å². The minimum absolute atomic E-state index is 0.157. The first-order valence-corrected chi connectivity index (χ1v) is 9.14. The first-order chi connectivity index (χ1) is 8.61. The fraction of sp³-hybridized carbons (Fsp3) is 1.00. The average molecular weight is 290 g/mol. The third kappa shape index (κ3) is 6.23. The highest BCUT2D eigenvalue weighted by atomic mass is 32.2. The van der Waals surface area contributed by atoms with Crippen molar-refractivity contribution >= 4 is 9.84 Å². The van der Waals surface area contributed by atoms with Gasteiger partial charge in [-0.15, -0.1) is 0 Å². The van der Waals surface area contributed by atoms with Crippen molar-refractivity contribution in [1.29, 1.82) is 0 Å². The third-order valence-electron chi connectivity index (χ3n) is 3.74. The summed E-state index contributed by atoms with van der Waals surface area (Å²) in [5.74, 6) is 0.638. The Labute approximate surface area is 118 Å². The summed E-state index contributed by atoms with van der Waals surface area (Å²) in [5, 5.41) is 3.49. The van der Waals surface area contributed by atoms with Gasteiger partial charge in [0, 0.05) is 24.2 Å². The summed E-state index contributed by atoms with van der Waals surface area (Å²) in [7, 11) is -2.80. The van der Waals surface area contributed by atoms with E-state index in [2.05, 4.69) is 37.9 Å². The van der Waals surface area contributed by atoms with Crippen LogP contribution >= 0.6 is 0 Å². The predicted octanol–water partition coefficient (Wildman–Crippen LogP) is 1.66. The molecule has 0 spiro atoms. The summed E-state index contributed by atoms with van der Waals surface area (Å²) >= 11 is 0. The van der Waals surface area contributed by atoms with Gasteiger partial charge in [0.05, 0.1) is 11.5 Å². The zero-order chi connectivity index (χ0) is 14.7. The lowest BCUT2D eigenvalue weighted by Gasteiger charge is -2.38. The van der Waals surface area contributed by atoms with Gasteiger partial charge in [-0.25, -0.2) is 8.42 Å². The highest BCUT2D eigenvalue weighted by molar-refractivity contribution is 7.91. The van der Waals surface area contributed by atoms with Crippen LogP contribution in [0, 0.1) is 0 Å². The molecule has 1 saturated heterocycles. The Kier molecular flexibility index (Phi) is 5.83. The smallest absolute Gasteiger partial charge is 0.153 e. The largest absolute Gasteiger partial charge is 0.312 e. The summed E-state index contributed by atoms with van der Waals surface area (Å²) in [4.78, 5) is 2.35. The number of nitrogens with one attached hydrogen (secondary N) is 1. The van der Waals surface area contributed by atoms with Crippen LogP contribution in [0.2, 0.25) is 0 Å². The number of hydrogen-bond acceptors (Lipinski definition) is 4. The van der Waals surface area contributed by atoms with Gasteiger partial charge in [0.25, 0.3) is 0 Å². The van der Waals surface area contributed by atoms with Gasteiger partial charge >= 0.3 is 0 Å². The Morgan fingerprint density at radius 2 is 2.00 bits per heavy atom. The summed E-state index contributed by atoms with van der Waals surface area (Å²) in [6.45, 7) is 12.5. The van der Waals surface area contributed by atoms with Gasteiger partial charge in [-0.05, 0) is 54.0 Å². The van der Waals surface area contributed by atoms with E-state index in [1.807, 2.05) is 6.92 Å². The van der Waals surface area contributed by atoms with Crippen LogP contribution in [0.3, 0.4) is 0 Å². The van der Waals surface area contributed by atoms with Gasteiger partial charge in [-0.2, -0.15) is 0 Å². The van der Waals surface area contributed by atoms with Crippen LogP contribution < -0.4 is 5.32 Å².